The summed E-state index contributed by atoms with van der Waals surface area (Å²) in [7, 11) is 0. The number of phenolic OH excluding ortho intramolecular Hbond substituents is 1. The van der Waals surface area contributed by atoms with Gasteiger partial charge in [0.2, 0.25) is 0 Å². The van der Waals surface area contributed by atoms with Gasteiger partial charge in [0.15, 0.2) is 0 Å². The quantitative estimate of drug-likeness (QED) is 0.885. The maximum absolute atomic E-state index is 9.65. The first-order chi connectivity index (χ1) is 11.1. The zero-order chi connectivity index (χ0) is 16.2. The van der Waals surface area contributed by atoms with Crippen LogP contribution in [0.25, 0.3) is 0 Å². The number of piperidine rings is 1. The number of aryl methyl sites for hydroxylation is 1. The number of hydrogen-bond donors (Lipinski definition) is 2. The van der Waals surface area contributed by atoms with E-state index in [9.17, 15) is 5.11 Å². The summed E-state index contributed by atoms with van der Waals surface area (Å²) in [6, 6.07) is 14.6. The molecule has 2 aromatic rings. The number of nitrogens with one attached hydrogen (secondary N) is 1. The summed E-state index contributed by atoms with van der Waals surface area (Å²) in [5.41, 5.74) is 3.58. The molecule has 3 rings (SSSR count). The van der Waals surface area contributed by atoms with Crippen molar-refractivity contribution in [3.05, 3.63) is 58.6 Å². The minimum absolute atomic E-state index is 0.153. The molecule has 1 aliphatic heterocycles. The third-order valence-electron chi connectivity index (χ3n) is 4.50. The predicted octanol–water partition coefficient (Wildman–Crippen LogP) is 4.11. The number of hydrogen-bond acceptors (Lipinski definition) is 3. The van der Waals surface area contributed by atoms with E-state index in [0.29, 0.717) is 17.6 Å². The summed E-state index contributed by atoms with van der Waals surface area (Å²) in [6.45, 7) is 4.96. The average molecular weight is 331 g/mol. The van der Waals surface area contributed by atoms with Crippen LogP contribution in [0.5, 0.6) is 5.75 Å². The zero-order valence-electron chi connectivity index (χ0n) is 13.4. The van der Waals surface area contributed by atoms with Crippen molar-refractivity contribution >= 4 is 17.3 Å². The first kappa shape index (κ1) is 16.2. The van der Waals surface area contributed by atoms with Crippen molar-refractivity contribution in [2.75, 3.05) is 18.0 Å². The standard InChI is InChI=1S/C19H23ClN2O/c1-14-4-2-6-17(12-14)22-10-8-16(9-11-22)21-13-15-5-3-7-18(23)19(15)20/h2-7,12,16,21,23H,8-11,13H2,1H3. The van der Waals surface area contributed by atoms with E-state index in [2.05, 4.69) is 41.4 Å². The van der Waals surface area contributed by atoms with Crippen LogP contribution in [0, 0.1) is 6.92 Å². The Morgan fingerprint density at radius 3 is 2.65 bits per heavy atom. The molecule has 1 saturated heterocycles. The summed E-state index contributed by atoms with van der Waals surface area (Å²) >= 11 is 6.13. The molecule has 0 saturated carbocycles. The van der Waals surface area contributed by atoms with Gasteiger partial charge in [0.25, 0.3) is 0 Å². The van der Waals surface area contributed by atoms with Crippen LogP contribution in [-0.4, -0.2) is 24.2 Å². The lowest BCUT2D eigenvalue weighted by Gasteiger charge is -2.34. The van der Waals surface area contributed by atoms with Crippen molar-refractivity contribution in [1.29, 1.82) is 0 Å². The van der Waals surface area contributed by atoms with Crippen molar-refractivity contribution in [1.82, 2.24) is 5.32 Å². The van der Waals surface area contributed by atoms with E-state index in [1.165, 1.54) is 11.3 Å². The fourth-order valence-corrected chi connectivity index (χ4v) is 3.32. The second-order valence-corrected chi connectivity index (χ2v) is 6.61. The Morgan fingerprint density at radius 2 is 1.91 bits per heavy atom. The molecule has 1 heterocycles. The minimum atomic E-state index is 0.153. The summed E-state index contributed by atoms with van der Waals surface area (Å²) in [5, 5.41) is 13.7. The van der Waals surface area contributed by atoms with Crippen LogP contribution in [0.4, 0.5) is 5.69 Å². The largest absolute Gasteiger partial charge is 0.506 e. The van der Waals surface area contributed by atoms with Gasteiger partial charge >= 0.3 is 0 Å². The van der Waals surface area contributed by atoms with Gasteiger partial charge in [-0.3, -0.25) is 0 Å². The van der Waals surface area contributed by atoms with Crippen molar-refractivity contribution in [2.24, 2.45) is 0 Å². The predicted molar refractivity (Wildman–Crippen MR) is 96.4 cm³/mol. The van der Waals surface area contributed by atoms with Gasteiger partial charge in [-0.1, -0.05) is 35.9 Å². The summed E-state index contributed by atoms with van der Waals surface area (Å²) in [4.78, 5) is 2.45. The van der Waals surface area contributed by atoms with Gasteiger partial charge in [0.1, 0.15) is 5.75 Å². The van der Waals surface area contributed by atoms with Crippen LogP contribution in [0.2, 0.25) is 5.02 Å². The van der Waals surface area contributed by atoms with E-state index in [1.807, 2.05) is 12.1 Å². The zero-order valence-corrected chi connectivity index (χ0v) is 14.2. The highest BCUT2D eigenvalue weighted by Crippen LogP contribution is 2.27. The monoisotopic (exact) mass is 330 g/mol. The van der Waals surface area contributed by atoms with Crippen LogP contribution in [0.1, 0.15) is 24.0 Å². The lowest BCUT2D eigenvalue weighted by atomic mass is 10.0. The van der Waals surface area contributed by atoms with Gasteiger partial charge in [-0.05, 0) is 49.1 Å². The van der Waals surface area contributed by atoms with Crippen molar-refractivity contribution in [3.63, 3.8) is 0 Å². The molecular formula is C19H23ClN2O. The molecule has 0 amide bonds. The molecule has 122 valence electrons. The second kappa shape index (κ2) is 7.24. The first-order valence-corrected chi connectivity index (χ1v) is 8.52. The number of phenols is 1. The van der Waals surface area contributed by atoms with E-state index >= 15 is 0 Å². The molecule has 3 nitrogen and oxygen atoms in total. The Balaban J connectivity index is 1.52. The molecule has 0 spiro atoms. The Bertz CT molecular complexity index is 666. The third-order valence-corrected chi connectivity index (χ3v) is 4.94. The molecule has 0 aliphatic carbocycles. The van der Waals surface area contributed by atoms with E-state index in [-0.39, 0.29) is 5.75 Å². The van der Waals surface area contributed by atoms with Gasteiger partial charge in [-0.15, -0.1) is 0 Å². The van der Waals surface area contributed by atoms with Gasteiger partial charge in [-0.25, -0.2) is 0 Å². The van der Waals surface area contributed by atoms with E-state index in [1.54, 1.807) is 6.07 Å². The van der Waals surface area contributed by atoms with Gasteiger partial charge in [0, 0.05) is 31.4 Å². The number of halogens is 1. The molecule has 2 aromatic carbocycles. The molecule has 0 radical (unpaired) electrons. The van der Waals surface area contributed by atoms with E-state index < -0.39 is 0 Å². The summed E-state index contributed by atoms with van der Waals surface area (Å²) in [6.07, 6.45) is 2.23. The van der Waals surface area contributed by atoms with Gasteiger partial charge < -0.3 is 15.3 Å². The van der Waals surface area contributed by atoms with Crippen LogP contribution in [0.15, 0.2) is 42.5 Å². The highest BCUT2D eigenvalue weighted by Gasteiger charge is 2.19. The molecule has 1 aliphatic rings. The van der Waals surface area contributed by atoms with E-state index in [0.717, 1.165) is 31.5 Å². The third kappa shape index (κ3) is 3.98. The van der Waals surface area contributed by atoms with Crippen molar-refractivity contribution < 1.29 is 5.11 Å². The molecule has 1 fully saturated rings. The fraction of sp³-hybridized carbons (Fsp3) is 0.368. The molecule has 4 heteroatoms. The molecule has 0 unspecified atom stereocenters. The fourth-order valence-electron chi connectivity index (χ4n) is 3.12. The topological polar surface area (TPSA) is 35.5 Å². The molecule has 23 heavy (non-hydrogen) atoms. The smallest absolute Gasteiger partial charge is 0.134 e. The van der Waals surface area contributed by atoms with Crippen molar-refractivity contribution in [3.8, 4) is 5.75 Å². The number of aromatic hydroxyl groups is 1. The van der Waals surface area contributed by atoms with Crippen LogP contribution >= 0.6 is 11.6 Å². The molecule has 0 atom stereocenters. The number of nitrogens with zero attached hydrogens (tertiary/aromatic N) is 1. The van der Waals surface area contributed by atoms with Crippen LogP contribution < -0.4 is 10.2 Å². The minimum Gasteiger partial charge on any atom is -0.506 e. The normalized spacial score (nSPS) is 15.8. The molecule has 0 bridgehead atoms. The summed E-state index contributed by atoms with van der Waals surface area (Å²) < 4.78 is 0. The van der Waals surface area contributed by atoms with Crippen LogP contribution in [-0.2, 0) is 6.54 Å². The van der Waals surface area contributed by atoms with Crippen LogP contribution in [0.3, 0.4) is 0 Å². The highest BCUT2D eigenvalue weighted by molar-refractivity contribution is 6.32. The Morgan fingerprint density at radius 1 is 1.17 bits per heavy atom. The average Bonchev–Trinajstić information content (AvgIpc) is 2.57. The van der Waals surface area contributed by atoms with Gasteiger partial charge in [-0.2, -0.15) is 0 Å². The SMILES string of the molecule is Cc1cccc(N2CCC(NCc3cccc(O)c3Cl)CC2)c1. The Hall–Kier alpha value is -1.71. The maximum Gasteiger partial charge on any atom is 0.134 e. The molecular weight excluding hydrogens is 308 g/mol. The maximum atomic E-state index is 9.65. The lowest BCUT2D eigenvalue weighted by molar-refractivity contribution is 0.413. The second-order valence-electron chi connectivity index (χ2n) is 6.23. The first-order valence-electron chi connectivity index (χ1n) is 8.15. The Kier molecular flexibility index (Phi) is 5.09. The Labute approximate surface area is 142 Å². The number of benzene rings is 2. The van der Waals surface area contributed by atoms with Gasteiger partial charge in [0.05, 0.1) is 5.02 Å². The van der Waals surface area contributed by atoms with Crippen molar-refractivity contribution in [2.45, 2.75) is 32.4 Å². The molecule has 0 aromatic heterocycles. The summed E-state index contributed by atoms with van der Waals surface area (Å²) in [5.74, 6) is 0.153. The highest BCUT2D eigenvalue weighted by atomic mass is 35.5. The number of rotatable bonds is 4. The van der Waals surface area contributed by atoms with E-state index in [4.69, 9.17) is 11.6 Å². The lowest BCUT2D eigenvalue weighted by Crippen LogP contribution is -2.42. The molecule has 2 N–H and O–H groups in total. The number of anilines is 1.